The Bertz CT molecular complexity index is 829. The van der Waals surface area contributed by atoms with Gasteiger partial charge in [-0.3, -0.25) is 4.98 Å². The highest BCUT2D eigenvalue weighted by molar-refractivity contribution is 5.84. The quantitative estimate of drug-likeness (QED) is 0.317. The van der Waals surface area contributed by atoms with Gasteiger partial charge in [0, 0.05) is 28.4 Å². The maximum Gasteiger partial charge on any atom is 0.116 e. The summed E-state index contributed by atoms with van der Waals surface area (Å²) in [4.78, 5) is 12.4. The maximum absolute atomic E-state index is 4.21. The summed E-state index contributed by atoms with van der Waals surface area (Å²) in [6.45, 7) is 16.0. The van der Waals surface area contributed by atoms with Gasteiger partial charge in [-0.25, -0.2) is 9.97 Å². The average Bonchev–Trinajstić information content (AvgIpc) is 2.79. The van der Waals surface area contributed by atoms with Gasteiger partial charge in [-0.15, -0.1) is 0 Å². The van der Waals surface area contributed by atoms with E-state index in [9.17, 15) is 0 Å². The van der Waals surface area contributed by atoms with Crippen LogP contribution in [0.15, 0.2) is 67.1 Å². The number of hydrogen-bond acceptors (Lipinski definition) is 3. The van der Waals surface area contributed by atoms with Gasteiger partial charge >= 0.3 is 0 Å². The minimum atomic E-state index is 1.01. The van der Waals surface area contributed by atoms with Crippen LogP contribution >= 0.6 is 0 Å². The molecule has 0 aliphatic rings. The largest absolute Gasteiger partial charge is 0.261 e. The fourth-order valence-corrected chi connectivity index (χ4v) is 2.41. The number of aromatic nitrogens is 3. The number of hydrogen-bond donors (Lipinski definition) is 0. The van der Waals surface area contributed by atoms with Crippen LogP contribution < -0.4 is 0 Å². The summed E-state index contributed by atoms with van der Waals surface area (Å²) in [5, 5.41) is 3.64. The van der Waals surface area contributed by atoms with Gasteiger partial charge in [0.2, 0.25) is 0 Å². The van der Waals surface area contributed by atoms with Gasteiger partial charge in [0.25, 0.3) is 0 Å². The van der Waals surface area contributed by atoms with E-state index in [0.29, 0.717) is 0 Å². The van der Waals surface area contributed by atoms with Crippen LogP contribution in [0.3, 0.4) is 0 Å². The Morgan fingerprint density at radius 1 is 0.536 bits per heavy atom. The van der Waals surface area contributed by atoms with E-state index in [1.165, 1.54) is 10.8 Å². The van der Waals surface area contributed by atoms with Gasteiger partial charge in [0.1, 0.15) is 6.33 Å². The van der Waals surface area contributed by atoms with Crippen molar-refractivity contribution in [3.8, 4) is 0 Å². The first kappa shape index (κ1) is 25.2. The standard InChI is InChI=1S/C10H9N.C9H8N2.3C2H6/c1-8-10-5-3-2-4-9(10)6-7-11-8;1-7-8-4-2-3-5-9(8)11-6-10-7;3*1-2/h2-7H,1H3;2-6H,1H3;3*1-2H3. The van der Waals surface area contributed by atoms with Crippen LogP contribution in [-0.4, -0.2) is 15.0 Å². The Kier molecular flexibility index (Phi) is 13.7. The molecular formula is C25H35N3. The van der Waals surface area contributed by atoms with E-state index in [1.807, 2.05) is 104 Å². The molecule has 2 aromatic carbocycles. The van der Waals surface area contributed by atoms with Crippen LogP contribution in [0.5, 0.6) is 0 Å². The van der Waals surface area contributed by atoms with Crippen molar-refractivity contribution in [3.05, 3.63) is 78.5 Å². The molecule has 0 amide bonds. The molecule has 0 N–H and O–H groups in total. The number of benzene rings is 2. The zero-order valence-electron chi connectivity index (χ0n) is 18.7. The van der Waals surface area contributed by atoms with Gasteiger partial charge in [0.15, 0.2) is 0 Å². The summed E-state index contributed by atoms with van der Waals surface area (Å²) in [6.07, 6.45) is 3.44. The van der Waals surface area contributed by atoms with E-state index in [2.05, 4.69) is 27.1 Å². The Morgan fingerprint density at radius 3 is 1.68 bits per heavy atom. The minimum absolute atomic E-state index is 1.01. The lowest BCUT2D eigenvalue weighted by molar-refractivity contribution is 1.15. The summed E-state index contributed by atoms with van der Waals surface area (Å²) in [7, 11) is 0. The van der Waals surface area contributed by atoms with Crippen LogP contribution in [0.2, 0.25) is 0 Å². The second-order valence-corrected chi connectivity index (χ2v) is 5.09. The van der Waals surface area contributed by atoms with Gasteiger partial charge in [0.05, 0.1) is 5.52 Å². The third-order valence-corrected chi connectivity index (χ3v) is 3.61. The van der Waals surface area contributed by atoms with E-state index in [0.717, 1.165) is 22.3 Å². The van der Waals surface area contributed by atoms with Crippen LogP contribution in [0.25, 0.3) is 21.7 Å². The molecule has 0 spiro atoms. The first-order valence-electron chi connectivity index (χ1n) is 10.2. The third-order valence-electron chi connectivity index (χ3n) is 3.61. The van der Waals surface area contributed by atoms with Crippen molar-refractivity contribution in [1.29, 1.82) is 0 Å². The van der Waals surface area contributed by atoms with E-state index >= 15 is 0 Å². The van der Waals surface area contributed by atoms with Crippen molar-refractivity contribution in [2.45, 2.75) is 55.4 Å². The minimum Gasteiger partial charge on any atom is -0.261 e. The summed E-state index contributed by atoms with van der Waals surface area (Å²) < 4.78 is 0. The molecule has 4 aromatic rings. The predicted octanol–water partition coefficient (Wildman–Crippen LogP) is 7.56. The van der Waals surface area contributed by atoms with Crippen molar-refractivity contribution < 1.29 is 0 Å². The molecule has 0 saturated heterocycles. The number of rotatable bonds is 0. The van der Waals surface area contributed by atoms with Gasteiger partial charge in [-0.1, -0.05) is 84.0 Å². The van der Waals surface area contributed by atoms with E-state index in [1.54, 1.807) is 6.33 Å². The Morgan fingerprint density at radius 2 is 1.07 bits per heavy atom. The lowest BCUT2D eigenvalue weighted by Crippen LogP contribution is -1.85. The molecule has 28 heavy (non-hydrogen) atoms. The maximum atomic E-state index is 4.21. The highest BCUT2D eigenvalue weighted by Gasteiger charge is 1.95. The molecule has 0 unspecified atom stereocenters. The van der Waals surface area contributed by atoms with E-state index < -0.39 is 0 Å². The monoisotopic (exact) mass is 377 g/mol. The fourth-order valence-electron chi connectivity index (χ4n) is 2.41. The number of fused-ring (bicyclic) bond motifs is 2. The molecule has 4 rings (SSSR count). The summed E-state index contributed by atoms with van der Waals surface area (Å²) in [6, 6.07) is 18.3. The average molecular weight is 378 g/mol. The van der Waals surface area contributed by atoms with Gasteiger partial charge in [-0.2, -0.15) is 0 Å². The molecule has 2 heterocycles. The second kappa shape index (κ2) is 15.3. The second-order valence-electron chi connectivity index (χ2n) is 5.09. The van der Waals surface area contributed by atoms with Crippen molar-refractivity contribution in [2.24, 2.45) is 0 Å². The zero-order valence-corrected chi connectivity index (χ0v) is 18.7. The molecule has 0 bridgehead atoms. The lowest BCUT2D eigenvalue weighted by Gasteiger charge is -1.97. The first-order chi connectivity index (χ1) is 13.8. The molecule has 3 nitrogen and oxygen atoms in total. The SMILES string of the molecule is CC.CC.CC.Cc1nccc2ccccc12.Cc1ncnc2ccccc12. The molecule has 0 aliphatic heterocycles. The summed E-state index contributed by atoms with van der Waals surface area (Å²) >= 11 is 0. The molecule has 0 atom stereocenters. The molecule has 0 radical (unpaired) electrons. The topological polar surface area (TPSA) is 38.7 Å². The highest BCUT2D eigenvalue weighted by atomic mass is 14.8. The van der Waals surface area contributed by atoms with Crippen molar-refractivity contribution in [2.75, 3.05) is 0 Å². The third kappa shape index (κ3) is 7.43. The number of para-hydroxylation sites is 1. The number of pyridine rings is 1. The Balaban J connectivity index is 0.000000412. The van der Waals surface area contributed by atoms with E-state index in [4.69, 9.17) is 0 Å². The zero-order chi connectivity index (χ0) is 21.4. The van der Waals surface area contributed by atoms with Crippen molar-refractivity contribution >= 4 is 21.7 Å². The van der Waals surface area contributed by atoms with Gasteiger partial charge in [-0.05, 0) is 31.4 Å². The molecule has 3 heteroatoms. The van der Waals surface area contributed by atoms with Crippen LogP contribution in [0, 0.1) is 13.8 Å². The number of aryl methyl sites for hydroxylation is 2. The summed E-state index contributed by atoms with van der Waals surface area (Å²) in [5.74, 6) is 0. The first-order valence-corrected chi connectivity index (χ1v) is 10.2. The Hall–Kier alpha value is -2.81. The predicted molar refractivity (Wildman–Crippen MR) is 125 cm³/mol. The molecule has 150 valence electrons. The smallest absolute Gasteiger partial charge is 0.116 e. The molecule has 0 aliphatic carbocycles. The molecule has 0 saturated carbocycles. The lowest BCUT2D eigenvalue weighted by atomic mass is 10.1. The number of nitrogens with zero attached hydrogens (tertiary/aromatic N) is 3. The van der Waals surface area contributed by atoms with E-state index in [-0.39, 0.29) is 0 Å². The van der Waals surface area contributed by atoms with Crippen molar-refractivity contribution in [1.82, 2.24) is 15.0 Å². The van der Waals surface area contributed by atoms with Crippen LogP contribution in [0.1, 0.15) is 52.9 Å². The fraction of sp³-hybridized carbons (Fsp3) is 0.320. The molecular weight excluding hydrogens is 342 g/mol. The molecule has 2 aromatic heterocycles. The van der Waals surface area contributed by atoms with Crippen molar-refractivity contribution in [3.63, 3.8) is 0 Å². The molecule has 0 fully saturated rings. The Labute approximate surface area is 170 Å². The summed E-state index contributed by atoms with van der Waals surface area (Å²) in [5.41, 5.74) is 3.15. The van der Waals surface area contributed by atoms with Crippen LogP contribution in [-0.2, 0) is 0 Å². The van der Waals surface area contributed by atoms with Gasteiger partial charge < -0.3 is 0 Å². The normalized spacial score (nSPS) is 8.71. The highest BCUT2D eigenvalue weighted by Crippen LogP contribution is 2.14. The van der Waals surface area contributed by atoms with Crippen LogP contribution in [0.4, 0.5) is 0 Å².